The lowest BCUT2D eigenvalue weighted by Crippen LogP contribution is -2.37. The molecule has 2 heterocycles. The van der Waals surface area contributed by atoms with Crippen LogP contribution >= 0.6 is 0 Å². The fraction of sp³-hybridized carbons (Fsp3) is 0.455. The molecule has 86 valence electrons. The molecule has 1 aromatic rings. The Kier molecular flexibility index (Phi) is 2.68. The molecule has 1 aliphatic heterocycles. The van der Waals surface area contributed by atoms with Crippen LogP contribution in [0, 0.1) is 5.92 Å². The second-order valence-electron chi connectivity index (χ2n) is 4.06. The number of hydrogen-bond donors (Lipinski definition) is 2. The number of carbonyl (C=O) groups is 2. The van der Waals surface area contributed by atoms with Crippen molar-refractivity contribution in [2.24, 2.45) is 5.92 Å². The number of carbonyl (C=O) groups excluding carboxylic acids is 1. The zero-order valence-corrected chi connectivity index (χ0v) is 9.01. The predicted molar refractivity (Wildman–Crippen MR) is 57.0 cm³/mol. The van der Waals surface area contributed by atoms with Gasteiger partial charge in [0.15, 0.2) is 0 Å². The third-order valence-electron chi connectivity index (χ3n) is 3.16. The molecule has 2 unspecified atom stereocenters. The maximum Gasteiger partial charge on any atom is 0.308 e. The largest absolute Gasteiger partial charge is 0.481 e. The van der Waals surface area contributed by atoms with Crippen molar-refractivity contribution in [2.45, 2.75) is 19.4 Å². The van der Waals surface area contributed by atoms with E-state index in [1.807, 2.05) is 0 Å². The number of aromatic nitrogens is 1. The fourth-order valence-corrected chi connectivity index (χ4v) is 2.17. The Bertz CT molecular complexity index is 399. The molecular weight excluding hydrogens is 208 g/mol. The highest BCUT2D eigenvalue weighted by molar-refractivity contribution is 5.93. The molecule has 0 bridgehead atoms. The molecule has 0 aromatic carbocycles. The number of hydrogen-bond acceptors (Lipinski definition) is 2. The van der Waals surface area contributed by atoms with E-state index < -0.39 is 11.9 Å². The number of nitrogens with one attached hydrogen (secondary N) is 1. The van der Waals surface area contributed by atoms with Gasteiger partial charge >= 0.3 is 5.97 Å². The summed E-state index contributed by atoms with van der Waals surface area (Å²) < 4.78 is 0. The van der Waals surface area contributed by atoms with Gasteiger partial charge in [0.05, 0.1) is 5.92 Å². The first kappa shape index (κ1) is 10.7. The van der Waals surface area contributed by atoms with Crippen LogP contribution in [0.3, 0.4) is 0 Å². The lowest BCUT2D eigenvalue weighted by Gasteiger charge is -2.22. The number of aromatic amines is 1. The number of carboxylic acids is 1. The molecular formula is C11H14N2O3. The average Bonchev–Trinajstić information content (AvgIpc) is 2.84. The number of likely N-dealkylation sites (tertiary alicyclic amines) is 1. The van der Waals surface area contributed by atoms with Gasteiger partial charge in [-0.1, -0.05) is 0 Å². The zero-order valence-electron chi connectivity index (χ0n) is 9.01. The number of amides is 1. The summed E-state index contributed by atoms with van der Waals surface area (Å²) >= 11 is 0. The summed E-state index contributed by atoms with van der Waals surface area (Å²) in [4.78, 5) is 27.4. The SMILES string of the molecule is CC1C(C(=O)O)CCN1C(=O)c1ccc[nH]1. The summed E-state index contributed by atoms with van der Waals surface area (Å²) in [6.07, 6.45) is 2.21. The highest BCUT2D eigenvalue weighted by Crippen LogP contribution is 2.25. The summed E-state index contributed by atoms with van der Waals surface area (Å²) in [5.41, 5.74) is 0.512. The number of carboxylic acid groups (broad SMARTS) is 1. The minimum Gasteiger partial charge on any atom is -0.481 e. The van der Waals surface area contributed by atoms with Crippen molar-refractivity contribution in [1.29, 1.82) is 0 Å². The minimum atomic E-state index is -0.825. The van der Waals surface area contributed by atoms with Crippen LogP contribution in [0.1, 0.15) is 23.8 Å². The van der Waals surface area contributed by atoms with E-state index in [0.29, 0.717) is 18.7 Å². The molecule has 0 saturated carbocycles. The van der Waals surface area contributed by atoms with Crippen LogP contribution in [0.5, 0.6) is 0 Å². The molecule has 0 radical (unpaired) electrons. The van der Waals surface area contributed by atoms with Gasteiger partial charge in [-0.2, -0.15) is 0 Å². The first-order chi connectivity index (χ1) is 7.61. The Morgan fingerprint density at radius 2 is 2.31 bits per heavy atom. The molecule has 5 nitrogen and oxygen atoms in total. The van der Waals surface area contributed by atoms with Gasteiger partial charge in [-0.25, -0.2) is 0 Å². The van der Waals surface area contributed by atoms with Crippen molar-refractivity contribution in [3.05, 3.63) is 24.0 Å². The van der Waals surface area contributed by atoms with Crippen LogP contribution in [0.2, 0.25) is 0 Å². The molecule has 1 saturated heterocycles. The van der Waals surface area contributed by atoms with Crippen LogP contribution in [0.15, 0.2) is 18.3 Å². The molecule has 5 heteroatoms. The highest BCUT2D eigenvalue weighted by atomic mass is 16.4. The topological polar surface area (TPSA) is 73.4 Å². The number of nitrogens with zero attached hydrogens (tertiary/aromatic N) is 1. The van der Waals surface area contributed by atoms with E-state index in [-0.39, 0.29) is 11.9 Å². The molecule has 16 heavy (non-hydrogen) atoms. The third-order valence-corrected chi connectivity index (χ3v) is 3.16. The van der Waals surface area contributed by atoms with Crippen molar-refractivity contribution in [3.8, 4) is 0 Å². The first-order valence-electron chi connectivity index (χ1n) is 5.28. The van der Waals surface area contributed by atoms with E-state index in [2.05, 4.69) is 4.98 Å². The van der Waals surface area contributed by atoms with Gasteiger partial charge in [-0.15, -0.1) is 0 Å². The Hall–Kier alpha value is -1.78. The molecule has 1 amide bonds. The Balaban J connectivity index is 2.13. The highest BCUT2D eigenvalue weighted by Gasteiger charge is 2.38. The van der Waals surface area contributed by atoms with Crippen molar-refractivity contribution in [1.82, 2.24) is 9.88 Å². The summed E-state index contributed by atoms with van der Waals surface area (Å²) in [5, 5.41) is 8.97. The van der Waals surface area contributed by atoms with Crippen LogP contribution < -0.4 is 0 Å². The standard InChI is InChI=1S/C11H14N2O3/c1-7-8(11(15)16)4-6-13(7)10(14)9-3-2-5-12-9/h2-3,5,7-8,12H,4,6H2,1H3,(H,15,16). The van der Waals surface area contributed by atoms with Gasteiger partial charge in [0, 0.05) is 18.8 Å². The molecule has 0 aliphatic carbocycles. The van der Waals surface area contributed by atoms with E-state index >= 15 is 0 Å². The molecule has 2 atom stereocenters. The van der Waals surface area contributed by atoms with Crippen LogP contribution in [-0.4, -0.2) is 39.5 Å². The molecule has 0 spiro atoms. The van der Waals surface area contributed by atoms with Crippen LogP contribution in [0.4, 0.5) is 0 Å². The van der Waals surface area contributed by atoms with E-state index in [9.17, 15) is 9.59 Å². The summed E-state index contributed by atoms with van der Waals surface area (Å²) in [7, 11) is 0. The quantitative estimate of drug-likeness (QED) is 0.782. The van der Waals surface area contributed by atoms with Gasteiger partial charge in [0.2, 0.25) is 0 Å². The van der Waals surface area contributed by atoms with Gasteiger partial charge in [0.1, 0.15) is 5.69 Å². The zero-order chi connectivity index (χ0) is 11.7. The molecule has 2 rings (SSSR count). The second kappa shape index (κ2) is 4.00. The molecule has 1 aromatic heterocycles. The van der Waals surface area contributed by atoms with Gasteiger partial charge in [-0.05, 0) is 25.5 Å². The fourth-order valence-electron chi connectivity index (χ4n) is 2.17. The van der Waals surface area contributed by atoms with Crippen LogP contribution in [0.25, 0.3) is 0 Å². The van der Waals surface area contributed by atoms with Crippen molar-refractivity contribution < 1.29 is 14.7 Å². The second-order valence-corrected chi connectivity index (χ2v) is 4.06. The Morgan fingerprint density at radius 1 is 1.56 bits per heavy atom. The van der Waals surface area contributed by atoms with Gasteiger partial charge < -0.3 is 15.0 Å². The maximum atomic E-state index is 12.0. The third kappa shape index (κ3) is 1.68. The average molecular weight is 222 g/mol. The number of H-pyrrole nitrogens is 1. The molecule has 1 aliphatic rings. The summed E-state index contributed by atoms with van der Waals surface area (Å²) in [6, 6.07) is 3.21. The Morgan fingerprint density at radius 3 is 2.81 bits per heavy atom. The maximum absolute atomic E-state index is 12.0. The van der Waals surface area contributed by atoms with E-state index in [4.69, 9.17) is 5.11 Å². The number of rotatable bonds is 2. The monoisotopic (exact) mass is 222 g/mol. The summed E-state index contributed by atoms with van der Waals surface area (Å²) in [6.45, 7) is 2.29. The lowest BCUT2D eigenvalue weighted by atomic mass is 10.0. The normalized spacial score (nSPS) is 24.7. The van der Waals surface area contributed by atoms with E-state index in [1.54, 1.807) is 30.2 Å². The predicted octanol–water partition coefficient (Wildman–Crippen LogP) is 0.950. The summed E-state index contributed by atoms with van der Waals surface area (Å²) in [5.74, 6) is -1.39. The lowest BCUT2D eigenvalue weighted by molar-refractivity contribution is -0.142. The van der Waals surface area contributed by atoms with Crippen molar-refractivity contribution in [3.63, 3.8) is 0 Å². The first-order valence-corrected chi connectivity index (χ1v) is 5.28. The minimum absolute atomic E-state index is 0.124. The van der Waals surface area contributed by atoms with Gasteiger partial charge in [-0.3, -0.25) is 9.59 Å². The van der Waals surface area contributed by atoms with Crippen molar-refractivity contribution >= 4 is 11.9 Å². The van der Waals surface area contributed by atoms with E-state index in [1.165, 1.54) is 0 Å². The molecule has 1 fully saturated rings. The Labute approximate surface area is 93.1 Å². The smallest absolute Gasteiger partial charge is 0.308 e. The molecule has 2 N–H and O–H groups in total. The van der Waals surface area contributed by atoms with Crippen LogP contribution in [-0.2, 0) is 4.79 Å². The van der Waals surface area contributed by atoms with E-state index in [0.717, 1.165) is 0 Å². The number of aliphatic carboxylic acids is 1. The van der Waals surface area contributed by atoms with Gasteiger partial charge in [0.25, 0.3) is 5.91 Å². The van der Waals surface area contributed by atoms with Crippen molar-refractivity contribution in [2.75, 3.05) is 6.54 Å².